The van der Waals surface area contributed by atoms with Crippen LogP contribution in [0.4, 0.5) is 5.69 Å². The van der Waals surface area contributed by atoms with Crippen molar-refractivity contribution < 1.29 is 14.3 Å². The summed E-state index contributed by atoms with van der Waals surface area (Å²) in [5, 5.41) is 3.10. The normalized spacial score (nSPS) is 19.6. The van der Waals surface area contributed by atoms with Crippen LogP contribution in [0.1, 0.15) is 22.3 Å². The number of amides is 1. The van der Waals surface area contributed by atoms with Crippen LogP contribution in [-0.2, 0) is 11.2 Å². The third-order valence-electron chi connectivity index (χ3n) is 5.32. The van der Waals surface area contributed by atoms with E-state index in [-0.39, 0.29) is 5.91 Å². The topological polar surface area (TPSA) is 50.8 Å². The fourth-order valence-corrected chi connectivity index (χ4v) is 3.72. The number of morpholine rings is 1. The van der Waals surface area contributed by atoms with E-state index >= 15 is 0 Å². The Hall–Kier alpha value is -2.53. The van der Waals surface area contributed by atoms with Gasteiger partial charge in [-0.15, -0.1) is 0 Å². The van der Waals surface area contributed by atoms with Crippen molar-refractivity contribution in [3.63, 3.8) is 0 Å². The van der Waals surface area contributed by atoms with Gasteiger partial charge in [0.2, 0.25) is 0 Å². The second kappa shape index (κ2) is 8.44. The van der Waals surface area contributed by atoms with E-state index in [9.17, 15) is 4.79 Å². The van der Waals surface area contributed by atoms with Crippen molar-refractivity contribution >= 4 is 11.6 Å². The lowest BCUT2D eigenvalue weighted by molar-refractivity contribution is 0.0945. The molecule has 2 aromatic rings. The van der Waals surface area contributed by atoms with Crippen LogP contribution in [0, 0.1) is 5.92 Å². The molecule has 4 rings (SSSR count). The molecule has 2 heterocycles. The maximum Gasteiger partial charge on any atom is 0.251 e. The highest BCUT2D eigenvalue weighted by molar-refractivity contribution is 5.94. The molecule has 1 saturated heterocycles. The Balaban J connectivity index is 1.32. The molecule has 1 fully saturated rings. The summed E-state index contributed by atoms with van der Waals surface area (Å²) in [6.07, 6.45) is 1.89. The van der Waals surface area contributed by atoms with Crippen LogP contribution in [0.25, 0.3) is 0 Å². The van der Waals surface area contributed by atoms with Crippen LogP contribution in [0.5, 0.6) is 5.75 Å². The fourth-order valence-electron chi connectivity index (χ4n) is 3.72. The van der Waals surface area contributed by atoms with E-state index in [2.05, 4.69) is 16.3 Å². The Morgan fingerprint density at radius 2 is 1.81 bits per heavy atom. The van der Waals surface area contributed by atoms with Gasteiger partial charge < -0.3 is 19.7 Å². The minimum absolute atomic E-state index is 0.0121. The van der Waals surface area contributed by atoms with Crippen molar-refractivity contribution in [3.8, 4) is 5.75 Å². The van der Waals surface area contributed by atoms with Crippen molar-refractivity contribution in [2.75, 3.05) is 44.4 Å². The van der Waals surface area contributed by atoms with Crippen LogP contribution < -0.4 is 15.0 Å². The van der Waals surface area contributed by atoms with E-state index in [4.69, 9.17) is 9.47 Å². The van der Waals surface area contributed by atoms with Crippen LogP contribution in [0.2, 0.25) is 0 Å². The van der Waals surface area contributed by atoms with Gasteiger partial charge in [-0.25, -0.2) is 0 Å². The highest BCUT2D eigenvalue weighted by Crippen LogP contribution is 2.26. The van der Waals surface area contributed by atoms with Gasteiger partial charge in [-0.3, -0.25) is 4.79 Å². The van der Waals surface area contributed by atoms with Gasteiger partial charge in [-0.2, -0.15) is 0 Å². The zero-order valence-corrected chi connectivity index (χ0v) is 15.5. The molecule has 0 radical (unpaired) electrons. The second-order valence-corrected chi connectivity index (χ2v) is 7.17. The third kappa shape index (κ3) is 4.42. The van der Waals surface area contributed by atoms with Crippen molar-refractivity contribution in [2.45, 2.75) is 12.8 Å². The van der Waals surface area contributed by atoms with E-state index in [1.165, 1.54) is 5.56 Å². The smallest absolute Gasteiger partial charge is 0.251 e. The van der Waals surface area contributed by atoms with Gasteiger partial charge in [0.1, 0.15) is 5.75 Å². The summed E-state index contributed by atoms with van der Waals surface area (Å²) in [7, 11) is 0. The van der Waals surface area contributed by atoms with Crippen LogP contribution in [0.3, 0.4) is 0 Å². The molecule has 5 nitrogen and oxygen atoms in total. The third-order valence-corrected chi connectivity index (χ3v) is 5.32. The zero-order chi connectivity index (χ0) is 18.5. The molecule has 0 saturated carbocycles. The largest absolute Gasteiger partial charge is 0.493 e. The average molecular weight is 366 g/mol. The Kier molecular flexibility index (Phi) is 5.58. The number of para-hydroxylation sites is 1. The molecule has 1 atom stereocenters. The quantitative estimate of drug-likeness (QED) is 0.904. The summed E-state index contributed by atoms with van der Waals surface area (Å²) in [6.45, 7) is 4.69. The SMILES string of the molecule is O=C(NC[C@@H]1CCOc2ccccc2C1)c1ccc(N2CCOCC2)cc1. The number of ether oxygens (including phenoxy) is 2. The zero-order valence-electron chi connectivity index (χ0n) is 15.5. The molecule has 1 N–H and O–H groups in total. The van der Waals surface area contributed by atoms with E-state index in [1.54, 1.807) is 0 Å². The summed E-state index contributed by atoms with van der Waals surface area (Å²) in [4.78, 5) is 14.8. The lowest BCUT2D eigenvalue weighted by Gasteiger charge is -2.28. The lowest BCUT2D eigenvalue weighted by Crippen LogP contribution is -2.36. The first kappa shape index (κ1) is 17.9. The van der Waals surface area contributed by atoms with Crippen molar-refractivity contribution in [2.24, 2.45) is 5.92 Å². The van der Waals surface area contributed by atoms with Gasteiger partial charge in [0.05, 0.1) is 19.8 Å². The first-order chi connectivity index (χ1) is 13.3. The molecule has 27 heavy (non-hydrogen) atoms. The Morgan fingerprint density at radius 1 is 1.04 bits per heavy atom. The standard InChI is InChI=1S/C22H26N2O3/c25-22(18-5-7-20(8-6-18)24-10-13-26-14-11-24)23-16-17-9-12-27-21-4-2-1-3-19(21)15-17/h1-8,17H,9-16H2,(H,23,25)/t17-/m1/s1. The van der Waals surface area contributed by atoms with Crippen LogP contribution >= 0.6 is 0 Å². The van der Waals surface area contributed by atoms with Crippen LogP contribution in [0.15, 0.2) is 48.5 Å². The Labute approximate surface area is 160 Å². The van der Waals surface area contributed by atoms with Gasteiger partial charge in [0.15, 0.2) is 0 Å². The van der Waals surface area contributed by atoms with Gasteiger partial charge >= 0.3 is 0 Å². The first-order valence-corrected chi connectivity index (χ1v) is 9.71. The number of nitrogens with zero attached hydrogens (tertiary/aromatic N) is 1. The Morgan fingerprint density at radius 3 is 2.63 bits per heavy atom. The number of hydrogen-bond donors (Lipinski definition) is 1. The predicted molar refractivity (Wildman–Crippen MR) is 106 cm³/mol. The minimum atomic E-state index is -0.0121. The molecule has 0 aromatic heterocycles. The monoisotopic (exact) mass is 366 g/mol. The lowest BCUT2D eigenvalue weighted by atomic mass is 9.97. The summed E-state index contributed by atoms with van der Waals surface area (Å²) in [6, 6.07) is 16.0. The molecule has 0 aliphatic carbocycles. The molecule has 0 spiro atoms. The van der Waals surface area contributed by atoms with E-state index in [1.807, 2.05) is 42.5 Å². The number of hydrogen-bond acceptors (Lipinski definition) is 4. The van der Waals surface area contributed by atoms with Crippen LogP contribution in [-0.4, -0.2) is 45.4 Å². The molecule has 5 heteroatoms. The number of nitrogens with one attached hydrogen (secondary N) is 1. The van der Waals surface area contributed by atoms with Gasteiger partial charge in [0.25, 0.3) is 5.91 Å². The second-order valence-electron chi connectivity index (χ2n) is 7.17. The first-order valence-electron chi connectivity index (χ1n) is 9.71. The minimum Gasteiger partial charge on any atom is -0.493 e. The van der Waals surface area contributed by atoms with Crippen molar-refractivity contribution in [1.29, 1.82) is 0 Å². The number of fused-ring (bicyclic) bond motifs is 1. The molecular weight excluding hydrogens is 340 g/mol. The number of anilines is 1. The molecular formula is C22H26N2O3. The number of benzene rings is 2. The molecule has 0 unspecified atom stereocenters. The Bertz CT molecular complexity index is 769. The molecule has 2 aromatic carbocycles. The van der Waals surface area contributed by atoms with E-state index in [0.717, 1.165) is 50.6 Å². The summed E-state index contributed by atoms with van der Waals surface area (Å²) in [5.74, 6) is 1.36. The summed E-state index contributed by atoms with van der Waals surface area (Å²) < 4.78 is 11.2. The molecule has 142 valence electrons. The number of rotatable bonds is 4. The average Bonchev–Trinajstić information content (AvgIpc) is 2.95. The molecule has 1 amide bonds. The summed E-state index contributed by atoms with van der Waals surface area (Å²) in [5.41, 5.74) is 3.08. The fraction of sp³-hybridized carbons (Fsp3) is 0.409. The van der Waals surface area contributed by atoms with Crippen molar-refractivity contribution in [3.05, 3.63) is 59.7 Å². The maximum absolute atomic E-state index is 12.5. The van der Waals surface area contributed by atoms with Gasteiger partial charge in [-0.05, 0) is 54.7 Å². The van der Waals surface area contributed by atoms with Gasteiger partial charge in [0, 0.05) is 30.9 Å². The summed E-state index contributed by atoms with van der Waals surface area (Å²) >= 11 is 0. The maximum atomic E-state index is 12.5. The highest BCUT2D eigenvalue weighted by atomic mass is 16.5. The van der Waals surface area contributed by atoms with Gasteiger partial charge in [-0.1, -0.05) is 18.2 Å². The highest BCUT2D eigenvalue weighted by Gasteiger charge is 2.18. The molecule has 0 bridgehead atoms. The number of carbonyl (C=O) groups excluding carboxylic acids is 1. The number of carbonyl (C=O) groups is 1. The molecule has 2 aliphatic rings. The predicted octanol–water partition coefficient (Wildman–Crippen LogP) is 2.89. The molecule has 2 aliphatic heterocycles. The van der Waals surface area contributed by atoms with E-state index < -0.39 is 0 Å². The van der Waals surface area contributed by atoms with Crippen molar-refractivity contribution in [1.82, 2.24) is 5.32 Å². The van der Waals surface area contributed by atoms with E-state index in [0.29, 0.717) is 24.6 Å².